The van der Waals surface area contributed by atoms with E-state index in [1.165, 1.54) is 5.56 Å². The van der Waals surface area contributed by atoms with Crippen LogP contribution in [0.2, 0.25) is 0 Å². The van der Waals surface area contributed by atoms with Gasteiger partial charge in [-0.1, -0.05) is 13.3 Å². The van der Waals surface area contributed by atoms with Crippen LogP contribution >= 0.6 is 0 Å². The Bertz CT molecular complexity index is 553. The minimum absolute atomic E-state index is 0.629. The van der Waals surface area contributed by atoms with Crippen molar-refractivity contribution in [3.63, 3.8) is 0 Å². The zero-order valence-corrected chi connectivity index (χ0v) is 12.6. The topological polar surface area (TPSA) is 52.0 Å². The van der Waals surface area contributed by atoms with Crippen LogP contribution in [0.4, 0.5) is 0 Å². The van der Waals surface area contributed by atoms with Gasteiger partial charge in [0, 0.05) is 31.4 Å². The van der Waals surface area contributed by atoms with Crippen LogP contribution in [0.5, 0.6) is 11.8 Å². The average Bonchev–Trinajstić information content (AvgIpc) is 2.68. The lowest BCUT2D eigenvalue weighted by atomic mass is 10.1. The minimum Gasteiger partial charge on any atom is -0.421 e. The summed E-state index contributed by atoms with van der Waals surface area (Å²) in [5.41, 5.74) is 3.18. The van der Waals surface area contributed by atoms with Gasteiger partial charge in [-0.25, -0.2) is 9.67 Å². The zero-order valence-electron chi connectivity index (χ0n) is 12.6. The molecule has 2 aromatic rings. The van der Waals surface area contributed by atoms with Gasteiger partial charge in [-0.3, -0.25) is 0 Å². The van der Waals surface area contributed by atoms with Crippen LogP contribution in [0.25, 0.3) is 0 Å². The standard InChI is InChI=1S/C15H22N4O/c1-5-6-13-8-12(10-16-3)9-14(17-13)20-15-7-11(2)18-19(15)4/h7-9,16H,5-6,10H2,1-4H3. The Kier molecular flexibility index (Phi) is 4.74. The van der Waals surface area contributed by atoms with E-state index in [-0.39, 0.29) is 0 Å². The number of rotatable bonds is 6. The van der Waals surface area contributed by atoms with Gasteiger partial charge in [0.2, 0.25) is 11.8 Å². The summed E-state index contributed by atoms with van der Waals surface area (Å²) in [4.78, 5) is 4.56. The number of hydrogen-bond donors (Lipinski definition) is 1. The Hall–Kier alpha value is -1.88. The summed E-state index contributed by atoms with van der Waals surface area (Å²) in [6.07, 6.45) is 2.03. The highest BCUT2D eigenvalue weighted by Gasteiger charge is 2.08. The molecule has 0 unspecified atom stereocenters. The molecule has 5 heteroatoms. The number of aromatic nitrogens is 3. The predicted octanol–water partition coefficient (Wildman–Crippen LogP) is 2.59. The number of nitrogens with zero attached hydrogens (tertiary/aromatic N) is 3. The lowest BCUT2D eigenvalue weighted by Crippen LogP contribution is -2.07. The number of ether oxygens (including phenoxy) is 1. The average molecular weight is 274 g/mol. The molecule has 0 spiro atoms. The Morgan fingerprint density at radius 1 is 1.30 bits per heavy atom. The summed E-state index contributed by atoms with van der Waals surface area (Å²) in [6.45, 7) is 4.90. The van der Waals surface area contributed by atoms with Crippen LogP contribution in [-0.4, -0.2) is 21.8 Å². The summed E-state index contributed by atoms with van der Waals surface area (Å²) < 4.78 is 7.59. The van der Waals surface area contributed by atoms with Crippen LogP contribution in [0.15, 0.2) is 18.2 Å². The molecule has 0 atom stereocenters. The molecule has 108 valence electrons. The molecule has 0 fully saturated rings. The molecule has 5 nitrogen and oxygen atoms in total. The maximum atomic E-state index is 5.87. The molecule has 1 N–H and O–H groups in total. The number of pyridine rings is 1. The molecule has 0 aliphatic rings. The highest BCUT2D eigenvalue weighted by Crippen LogP contribution is 2.22. The Morgan fingerprint density at radius 3 is 2.70 bits per heavy atom. The van der Waals surface area contributed by atoms with E-state index >= 15 is 0 Å². The fourth-order valence-electron chi connectivity index (χ4n) is 2.15. The zero-order chi connectivity index (χ0) is 14.5. The molecule has 0 bridgehead atoms. The first-order chi connectivity index (χ1) is 9.62. The monoisotopic (exact) mass is 274 g/mol. The van der Waals surface area contributed by atoms with Crippen molar-refractivity contribution >= 4 is 0 Å². The van der Waals surface area contributed by atoms with Crippen molar-refractivity contribution in [3.8, 4) is 11.8 Å². The molecule has 2 aromatic heterocycles. The maximum Gasteiger partial charge on any atom is 0.221 e. The molecule has 0 aliphatic carbocycles. The van der Waals surface area contributed by atoms with Crippen LogP contribution in [0.3, 0.4) is 0 Å². The highest BCUT2D eigenvalue weighted by atomic mass is 16.5. The smallest absolute Gasteiger partial charge is 0.221 e. The third-order valence-corrected chi connectivity index (χ3v) is 2.97. The van der Waals surface area contributed by atoms with Crippen molar-refractivity contribution < 1.29 is 4.74 Å². The van der Waals surface area contributed by atoms with Gasteiger partial charge in [-0.15, -0.1) is 0 Å². The van der Waals surface area contributed by atoms with Crippen molar-refractivity contribution in [1.82, 2.24) is 20.1 Å². The van der Waals surface area contributed by atoms with Gasteiger partial charge >= 0.3 is 0 Å². The van der Waals surface area contributed by atoms with E-state index in [1.807, 2.05) is 33.2 Å². The Balaban J connectivity index is 2.27. The minimum atomic E-state index is 0.629. The SMILES string of the molecule is CCCc1cc(CNC)cc(Oc2cc(C)nn2C)n1. The molecular formula is C15H22N4O. The van der Waals surface area contributed by atoms with Crippen LogP contribution in [0, 0.1) is 6.92 Å². The van der Waals surface area contributed by atoms with Gasteiger partial charge in [0.05, 0.1) is 5.69 Å². The largest absolute Gasteiger partial charge is 0.421 e. The Morgan fingerprint density at radius 2 is 2.10 bits per heavy atom. The molecule has 2 heterocycles. The van der Waals surface area contributed by atoms with Crippen molar-refractivity contribution in [2.24, 2.45) is 7.05 Å². The fourth-order valence-corrected chi connectivity index (χ4v) is 2.15. The first-order valence-electron chi connectivity index (χ1n) is 6.95. The molecule has 20 heavy (non-hydrogen) atoms. The summed E-state index contributed by atoms with van der Waals surface area (Å²) in [6, 6.07) is 6.01. The van der Waals surface area contributed by atoms with Gasteiger partial charge in [0.25, 0.3) is 0 Å². The van der Waals surface area contributed by atoms with Crippen molar-refractivity contribution in [3.05, 3.63) is 35.2 Å². The lowest BCUT2D eigenvalue weighted by Gasteiger charge is -2.09. The second-order valence-corrected chi connectivity index (χ2v) is 4.93. The molecule has 0 amide bonds. The second kappa shape index (κ2) is 6.52. The van der Waals surface area contributed by atoms with Gasteiger partial charge < -0.3 is 10.1 Å². The number of nitrogens with one attached hydrogen (secondary N) is 1. The first kappa shape index (κ1) is 14.5. The number of aryl methyl sites for hydroxylation is 3. The van der Waals surface area contributed by atoms with Crippen LogP contribution in [0.1, 0.15) is 30.3 Å². The van der Waals surface area contributed by atoms with Crippen LogP contribution in [-0.2, 0) is 20.0 Å². The van der Waals surface area contributed by atoms with E-state index in [2.05, 4.69) is 28.4 Å². The molecule has 0 saturated heterocycles. The molecule has 0 aromatic carbocycles. The van der Waals surface area contributed by atoms with E-state index in [0.717, 1.165) is 30.8 Å². The van der Waals surface area contributed by atoms with E-state index < -0.39 is 0 Å². The van der Waals surface area contributed by atoms with Crippen LogP contribution < -0.4 is 10.1 Å². The molecular weight excluding hydrogens is 252 g/mol. The van der Waals surface area contributed by atoms with Crippen molar-refractivity contribution in [2.45, 2.75) is 33.2 Å². The third-order valence-electron chi connectivity index (χ3n) is 2.97. The van der Waals surface area contributed by atoms with E-state index in [4.69, 9.17) is 4.74 Å². The quantitative estimate of drug-likeness (QED) is 0.879. The van der Waals surface area contributed by atoms with E-state index in [9.17, 15) is 0 Å². The first-order valence-corrected chi connectivity index (χ1v) is 6.95. The maximum absolute atomic E-state index is 5.87. The van der Waals surface area contributed by atoms with Crippen molar-refractivity contribution in [1.29, 1.82) is 0 Å². The summed E-state index contributed by atoms with van der Waals surface area (Å²) in [5, 5.41) is 7.44. The normalized spacial score (nSPS) is 10.8. The third kappa shape index (κ3) is 3.57. The summed E-state index contributed by atoms with van der Waals surface area (Å²) in [7, 11) is 3.80. The van der Waals surface area contributed by atoms with Gasteiger partial charge in [-0.05, 0) is 32.0 Å². The van der Waals surface area contributed by atoms with E-state index in [1.54, 1.807) is 4.68 Å². The summed E-state index contributed by atoms with van der Waals surface area (Å²) >= 11 is 0. The van der Waals surface area contributed by atoms with Gasteiger partial charge in [0.1, 0.15) is 0 Å². The predicted molar refractivity (Wildman–Crippen MR) is 79.0 cm³/mol. The lowest BCUT2D eigenvalue weighted by molar-refractivity contribution is 0.413. The Labute approximate surface area is 120 Å². The fraction of sp³-hybridized carbons (Fsp3) is 0.467. The van der Waals surface area contributed by atoms with E-state index in [0.29, 0.717) is 11.8 Å². The molecule has 0 radical (unpaired) electrons. The van der Waals surface area contributed by atoms with Gasteiger partial charge in [0.15, 0.2) is 0 Å². The highest BCUT2D eigenvalue weighted by molar-refractivity contribution is 5.29. The molecule has 0 saturated carbocycles. The van der Waals surface area contributed by atoms with Gasteiger partial charge in [-0.2, -0.15) is 5.10 Å². The molecule has 0 aliphatic heterocycles. The second-order valence-electron chi connectivity index (χ2n) is 4.93. The van der Waals surface area contributed by atoms with Crippen molar-refractivity contribution in [2.75, 3.05) is 7.05 Å². The molecule has 2 rings (SSSR count). The summed E-state index contributed by atoms with van der Waals surface area (Å²) in [5.74, 6) is 1.34. The number of hydrogen-bond acceptors (Lipinski definition) is 4.